The van der Waals surface area contributed by atoms with Crippen LogP contribution in [0.25, 0.3) is 0 Å². The standard InChI is InChI=1S/C10H10N2.Y/c1-2-9-8-12-7-3-4-10(12)5-6-11-9;/h1-4,7,11H,5-6H2;/q-2;. The molecule has 2 rings (SSSR count). The van der Waals surface area contributed by atoms with Gasteiger partial charge < -0.3 is 16.5 Å². The molecule has 1 aliphatic heterocycles. The quantitative estimate of drug-likeness (QED) is 0.736. The van der Waals surface area contributed by atoms with Crippen LogP contribution in [-0.2, 0) is 39.1 Å². The van der Waals surface area contributed by atoms with Crippen LogP contribution in [0.4, 0.5) is 0 Å². The van der Waals surface area contributed by atoms with Crippen LogP contribution in [0.15, 0.2) is 30.1 Å². The first-order valence-corrected chi connectivity index (χ1v) is 3.99. The van der Waals surface area contributed by atoms with Crippen LogP contribution in [0, 0.1) is 12.8 Å². The molecule has 1 aliphatic rings. The first-order chi connectivity index (χ1) is 5.90. The third kappa shape index (κ3) is 2.32. The zero-order valence-corrected chi connectivity index (χ0v) is 10.2. The van der Waals surface area contributed by atoms with E-state index in [4.69, 9.17) is 6.58 Å². The van der Waals surface area contributed by atoms with Crippen LogP contribution in [-0.4, -0.2) is 11.1 Å². The van der Waals surface area contributed by atoms with Crippen molar-refractivity contribution in [3.05, 3.63) is 48.6 Å². The van der Waals surface area contributed by atoms with Crippen molar-refractivity contribution in [2.45, 2.75) is 6.42 Å². The Balaban J connectivity index is 0.000000845. The monoisotopic (exact) mass is 247 g/mol. The van der Waals surface area contributed by atoms with E-state index >= 15 is 0 Å². The van der Waals surface area contributed by atoms with Gasteiger partial charge in [0.1, 0.15) is 0 Å². The number of allylic oxidation sites excluding steroid dienone is 1. The van der Waals surface area contributed by atoms with E-state index in [2.05, 4.69) is 17.6 Å². The van der Waals surface area contributed by atoms with E-state index in [1.165, 1.54) is 11.8 Å². The van der Waals surface area contributed by atoms with Crippen molar-refractivity contribution in [1.82, 2.24) is 9.88 Å². The SMILES string of the molecule is [CH-]=CC1=[C-]n2cccc2CCN1.[Y]. The first-order valence-electron chi connectivity index (χ1n) is 3.99. The van der Waals surface area contributed by atoms with Crippen LogP contribution in [0.5, 0.6) is 0 Å². The molecule has 0 saturated heterocycles. The second-order valence-electron chi connectivity index (χ2n) is 2.74. The molecule has 2 nitrogen and oxygen atoms in total. The number of nitrogens with one attached hydrogen (secondary N) is 1. The third-order valence-corrected chi connectivity index (χ3v) is 1.94. The van der Waals surface area contributed by atoms with Gasteiger partial charge in [0.2, 0.25) is 0 Å². The molecule has 1 aromatic heterocycles. The second kappa shape index (κ2) is 4.78. The van der Waals surface area contributed by atoms with E-state index < -0.39 is 0 Å². The summed E-state index contributed by atoms with van der Waals surface area (Å²) in [6.45, 7) is 6.31. The van der Waals surface area contributed by atoms with Gasteiger partial charge in [-0.25, -0.2) is 0 Å². The molecule has 3 heteroatoms. The van der Waals surface area contributed by atoms with Crippen LogP contribution in [0.2, 0.25) is 0 Å². The van der Waals surface area contributed by atoms with Crippen molar-refractivity contribution < 1.29 is 32.7 Å². The van der Waals surface area contributed by atoms with Gasteiger partial charge in [-0.15, -0.1) is 6.20 Å². The van der Waals surface area contributed by atoms with Crippen molar-refractivity contribution in [1.29, 1.82) is 0 Å². The molecule has 0 saturated carbocycles. The Labute approximate surface area is 104 Å². The molecule has 1 N–H and O–H groups in total. The van der Waals surface area contributed by atoms with Gasteiger partial charge in [-0.2, -0.15) is 5.70 Å². The maximum atomic E-state index is 5.40. The second-order valence-corrected chi connectivity index (χ2v) is 2.74. The normalized spacial score (nSPS) is 14.3. The summed E-state index contributed by atoms with van der Waals surface area (Å²) in [6, 6.07) is 4.11. The average molecular weight is 247 g/mol. The van der Waals surface area contributed by atoms with Gasteiger partial charge in [-0.3, -0.25) is 6.08 Å². The summed E-state index contributed by atoms with van der Waals surface area (Å²) in [7, 11) is 0. The summed E-state index contributed by atoms with van der Waals surface area (Å²) in [6.07, 6.45) is 7.66. The maximum Gasteiger partial charge on any atom is 0 e. The molecule has 2 heterocycles. The van der Waals surface area contributed by atoms with E-state index in [0.717, 1.165) is 18.7 Å². The molecular formula is C10H10N2Y-2. The smallest absolute Gasteiger partial charge is 0 e. The molecule has 0 aromatic carbocycles. The Morgan fingerprint density at radius 3 is 3.23 bits per heavy atom. The fourth-order valence-electron chi connectivity index (χ4n) is 1.32. The maximum absolute atomic E-state index is 5.40. The Hall–Kier alpha value is -0.336. The Bertz CT molecular complexity index is 325. The summed E-state index contributed by atoms with van der Waals surface area (Å²) in [5.74, 6) is 0. The molecule has 13 heavy (non-hydrogen) atoms. The van der Waals surface area contributed by atoms with Gasteiger partial charge in [0.25, 0.3) is 0 Å². The molecule has 0 amide bonds. The molecule has 65 valence electrons. The number of hydrogen-bond acceptors (Lipinski definition) is 1. The van der Waals surface area contributed by atoms with E-state index in [1.807, 2.05) is 16.8 Å². The van der Waals surface area contributed by atoms with Gasteiger partial charge in [-0.1, -0.05) is 24.0 Å². The average Bonchev–Trinajstić information content (AvgIpc) is 2.43. The molecule has 1 aromatic rings. The largest absolute Gasteiger partial charge is 0.478 e. The summed E-state index contributed by atoms with van der Waals surface area (Å²) < 4.78 is 1.97. The first kappa shape index (κ1) is 10.7. The van der Waals surface area contributed by atoms with Crippen molar-refractivity contribution in [3.8, 4) is 0 Å². The van der Waals surface area contributed by atoms with Gasteiger partial charge >= 0.3 is 0 Å². The van der Waals surface area contributed by atoms with E-state index in [9.17, 15) is 0 Å². The predicted octanol–water partition coefficient (Wildman–Crippen LogP) is 1.11. The van der Waals surface area contributed by atoms with Gasteiger partial charge in [-0.05, 0) is 13.0 Å². The number of hydrogen-bond donors (Lipinski definition) is 1. The number of fused-ring (bicyclic) bond motifs is 1. The molecule has 0 bridgehead atoms. The molecular weight excluding hydrogens is 237 g/mol. The number of nitrogens with zero attached hydrogens (tertiary/aromatic N) is 1. The van der Waals surface area contributed by atoms with Crippen molar-refractivity contribution in [3.63, 3.8) is 0 Å². The molecule has 0 fully saturated rings. The van der Waals surface area contributed by atoms with Gasteiger partial charge in [0, 0.05) is 32.7 Å². The summed E-state index contributed by atoms with van der Waals surface area (Å²) >= 11 is 0. The zero-order valence-electron chi connectivity index (χ0n) is 7.33. The molecule has 0 aliphatic carbocycles. The minimum absolute atomic E-state index is 0. The predicted molar refractivity (Wildman–Crippen MR) is 47.2 cm³/mol. The minimum Gasteiger partial charge on any atom is -0.478 e. The Morgan fingerprint density at radius 2 is 2.46 bits per heavy atom. The van der Waals surface area contributed by atoms with E-state index in [1.54, 1.807) is 0 Å². The number of rotatable bonds is 1. The minimum atomic E-state index is 0. The van der Waals surface area contributed by atoms with Crippen LogP contribution in [0.1, 0.15) is 5.69 Å². The molecule has 0 atom stereocenters. The van der Waals surface area contributed by atoms with Crippen LogP contribution < -0.4 is 5.32 Å². The molecule has 0 unspecified atom stereocenters. The molecule has 0 spiro atoms. The number of aromatic nitrogens is 1. The van der Waals surface area contributed by atoms with E-state index in [-0.39, 0.29) is 32.7 Å². The Morgan fingerprint density at radius 1 is 1.62 bits per heavy atom. The molecule has 1 radical (unpaired) electrons. The van der Waals surface area contributed by atoms with Gasteiger partial charge in [0.15, 0.2) is 0 Å². The zero-order chi connectivity index (χ0) is 8.39. The van der Waals surface area contributed by atoms with Crippen LogP contribution >= 0.6 is 0 Å². The fourth-order valence-corrected chi connectivity index (χ4v) is 1.32. The van der Waals surface area contributed by atoms with Gasteiger partial charge in [0.05, 0.1) is 0 Å². The Kier molecular flexibility index (Phi) is 3.95. The van der Waals surface area contributed by atoms with Crippen molar-refractivity contribution in [2.75, 3.05) is 6.54 Å². The van der Waals surface area contributed by atoms with Crippen molar-refractivity contribution in [2.24, 2.45) is 0 Å². The summed E-state index contributed by atoms with van der Waals surface area (Å²) in [5.41, 5.74) is 2.12. The van der Waals surface area contributed by atoms with Crippen molar-refractivity contribution >= 4 is 0 Å². The van der Waals surface area contributed by atoms with E-state index in [0.29, 0.717) is 0 Å². The summed E-state index contributed by atoms with van der Waals surface area (Å²) in [4.78, 5) is 0. The third-order valence-electron chi connectivity index (χ3n) is 1.94. The summed E-state index contributed by atoms with van der Waals surface area (Å²) in [5, 5.41) is 3.17. The van der Waals surface area contributed by atoms with Crippen LogP contribution in [0.3, 0.4) is 0 Å². The fraction of sp³-hybridized carbons (Fsp3) is 0.200. The topological polar surface area (TPSA) is 17.0 Å².